The van der Waals surface area contributed by atoms with Gasteiger partial charge in [0, 0.05) is 10.8 Å². The Morgan fingerprint density at radius 2 is 1.71 bits per heavy atom. The standard InChI is InChI=1S/C19H15F2N3O3S/c1-27-13-5-9-15-11(10-13)2-8-16-17(19(20)21)23-24(18(15)16)12-3-6-14(7-4-12)28(22,25)26/h2-10,19H,1H3,(H2,22,25,26). The number of halogens is 2. The normalized spacial score (nSPS) is 12.2. The number of sulfonamides is 1. The number of primary sulfonamides is 1. The van der Waals surface area contributed by atoms with Gasteiger partial charge in [0.15, 0.2) is 0 Å². The van der Waals surface area contributed by atoms with E-state index in [2.05, 4.69) is 5.10 Å². The summed E-state index contributed by atoms with van der Waals surface area (Å²) < 4.78 is 56.7. The van der Waals surface area contributed by atoms with Crippen LogP contribution >= 0.6 is 0 Å². The molecule has 0 aliphatic carbocycles. The van der Waals surface area contributed by atoms with E-state index >= 15 is 0 Å². The number of hydrogen-bond acceptors (Lipinski definition) is 4. The number of fused-ring (bicyclic) bond motifs is 3. The van der Waals surface area contributed by atoms with Gasteiger partial charge >= 0.3 is 0 Å². The predicted molar refractivity (Wildman–Crippen MR) is 101 cm³/mol. The zero-order valence-corrected chi connectivity index (χ0v) is 15.5. The zero-order chi connectivity index (χ0) is 20.1. The maximum absolute atomic E-state index is 13.6. The van der Waals surface area contributed by atoms with Gasteiger partial charge in [-0.15, -0.1) is 0 Å². The van der Waals surface area contributed by atoms with Gasteiger partial charge in [-0.3, -0.25) is 0 Å². The van der Waals surface area contributed by atoms with Gasteiger partial charge in [-0.1, -0.05) is 12.1 Å². The average molecular weight is 403 g/mol. The Morgan fingerprint density at radius 3 is 2.32 bits per heavy atom. The third-order valence-corrected chi connectivity index (χ3v) is 5.44. The van der Waals surface area contributed by atoms with Crippen molar-refractivity contribution >= 4 is 31.7 Å². The van der Waals surface area contributed by atoms with Crippen LogP contribution in [0, 0.1) is 0 Å². The summed E-state index contributed by atoms with van der Waals surface area (Å²) in [4.78, 5) is -0.0728. The quantitative estimate of drug-likeness (QED) is 0.562. The first-order chi connectivity index (χ1) is 13.3. The lowest BCUT2D eigenvalue weighted by Gasteiger charge is -2.08. The van der Waals surface area contributed by atoms with E-state index in [1.807, 2.05) is 0 Å². The van der Waals surface area contributed by atoms with Gasteiger partial charge in [0.25, 0.3) is 6.43 Å². The second-order valence-electron chi connectivity index (χ2n) is 6.19. The van der Waals surface area contributed by atoms with Gasteiger partial charge in [0.2, 0.25) is 10.0 Å². The van der Waals surface area contributed by atoms with Crippen molar-refractivity contribution in [3.8, 4) is 11.4 Å². The fourth-order valence-electron chi connectivity index (χ4n) is 3.19. The van der Waals surface area contributed by atoms with Crippen LogP contribution in [-0.4, -0.2) is 25.3 Å². The molecule has 0 amide bonds. The van der Waals surface area contributed by atoms with Crippen LogP contribution in [0.4, 0.5) is 8.78 Å². The summed E-state index contributed by atoms with van der Waals surface area (Å²) in [5.74, 6) is 0.643. The second kappa shape index (κ2) is 6.54. The molecule has 6 nitrogen and oxygen atoms in total. The van der Waals surface area contributed by atoms with Crippen LogP contribution in [0.1, 0.15) is 12.1 Å². The zero-order valence-electron chi connectivity index (χ0n) is 14.6. The van der Waals surface area contributed by atoms with Crippen molar-refractivity contribution in [3.05, 3.63) is 60.3 Å². The number of nitrogens with zero attached hydrogens (tertiary/aromatic N) is 2. The Morgan fingerprint density at radius 1 is 1.04 bits per heavy atom. The van der Waals surface area contributed by atoms with Crippen molar-refractivity contribution in [2.24, 2.45) is 5.14 Å². The minimum absolute atomic E-state index is 0.0728. The number of methoxy groups -OCH3 is 1. The Bertz CT molecular complexity index is 1300. The number of ether oxygens (including phenoxy) is 1. The molecule has 3 aromatic carbocycles. The van der Waals surface area contributed by atoms with Gasteiger partial charge in [0.1, 0.15) is 11.4 Å². The number of alkyl halides is 2. The molecule has 9 heteroatoms. The molecule has 0 saturated carbocycles. The smallest absolute Gasteiger partial charge is 0.282 e. The molecular weight excluding hydrogens is 388 g/mol. The molecule has 0 saturated heterocycles. The molecule has 0 bridgehead atoms. The van der Waals surface area contributed by atoms with E-state index in [0.29, 0.717) is 27.7 Å². The van der Waals surface area contributed by atoms with Crippen LogP contribution in [0.2, 0.25) is 0 Å². The fourth-order valence-corrected chi connectivity index (χ4v) is 3.71. The first-order valence-corrected chi connectivity index (χ1v) is 9.75. The summed E-state index contributed by atoms with van der Waals surface area (Å²) in [6.07, 6.45) is -2.76. The van der Waals surface area contributed by atoms with Crippen molar-refractivity contribution in [1.82, 2.24) is 9.78 Å². The van der Waals surface area contributed by atoms with Gasteiger partial charge in [-0.25, -0.2) is 27.0 Å². The third kappa shape index (κ3) is 2.98. The summed E-state index contributed by atoms with van der Waals surface area (Å²) in [5.41, 5.74) is 0.592. The maximum atomic E-state index is 13.6. The molecule has 1 heterocycles. The van der Waals surface area contributed by atoms with Crippen molar-refractivity contribution in [2.75, 3.05) is 7.11 Å². The fraction of sp³-hybridized carbons (Fsp3) is 0.105. The molecule has 4 aromatic rings. The van der Waals surface area contributed by atoms with E-state index in [9.17, 15) is 17.2 Å². The topological polar surface area (TPSA) is 87.2 Å². The van der Waals surface area contributed by atoms with Crippen molar-refractivity contribution in [1.29, 1.82) is 0 Å². The summed E-state index contributed by atoms with van der Waals surface area (Å²) in [6, 6.07) is 14.2. The van der Waals surface area contributed by atoms with Crippen LogP contribution in [0.25, 0.3) is 27.4 Å². The van der Waals surface area contributed by atoms with Crippen LogP contribution in [-0.2, 0) is 10.0 Å². The Labute approximate surface area is 159 Å². The molecule has 144 valence electrons. The first-order valence-electron chi connectivity index (χ1n) is 8.20. The van der Waals surface area contributed by atoms with Crippen LogP contribution in [0.5, 0.6) is 5.75 Å². The molecule has 0 aliphatic rings. The second-order valence-corrected chi connectivity index (χ2v) is 7.75. The number of rotatable bonds is 4. The summed E-state index contributed by atoms with van der Waals surface area (Å²) >= 11 is 0. The van der Waals surface area contributed by atoms with E-state index in [1.165, 1.54) is 28.9 Å². The third-order valence-electron chi connectivity index (χ3n) is 4.51. The van der Waals surface area contributed by atoms with Gasteiger partial charge < -0.3 is 4.74 Å². The highest BCUT2D eigenvalue weighted by atomic mass is 32.2. The lowest BCUT2D eigenvalue weighted by atomic mass is 10.1. The first kappa shape index (κ1) is 18.3. The maximum Gasteiger partial charge on any atom is 0.282 e. The highest BCUT2D eigenvalue weighted by Crippen LogP contribution is 2.35. The van der Waals surface area contributed by atoms with Crippen molar-refractivity contribution in [2.45, 2.75) is 11.3 Å². The lowest BCUT2D eigenvalue weighted by molar-refractivity contribution is 0.147. The molecule has 0 radical (unpaired) electrons. The van der Waals surface area contributed by atoms with Gasteiger partial charge in [-0.05, 0) is 47.9 Å². The number of aromatic nitrogens is 2. The molecular formula is C19H15F2N3O3S. The van der Waals surface area contributed by atoms with Gasteiger partial charge in [0.05, 0.1) is 23.2 Å². The molecule has 0 fully saturated rings. The molecule has 0 spiro atoms. The predicted octanol–water partition coefficient (Wildman–Crippen LogP) is 3.77. The molecule has 0 aliphatic heterocycles. The minimum atomic E-state index is -3.86. The van der Waals surface area contributed by atoms with Crippen LogP contribution < -0.4 is 9.88 Å². The SMILES string of the molecule is COc1ccc2c(ccc3c(C(F)F)nn(-c4ccc(S(N)(=O)=O)cc4)c32)c1. The highest BCUT2D eigenvalue weighted by molar-refractivity contribution is 7.89. The van der Waals surface area contributed by atoms with E-state index in [-0.39, 0.29) is 10.6 Å². The largest absolute Gasteiger partial charge is 0.497 e. The molecule has 0 unspecified atom stereocenters. The molecule has 28 heavy (non-hydrogen) atoms. The molecule has 2 N–H and O–H groups in total. The monoisotopic (exact) mass is 403 g/mol. The van der Waals surface area contributed by atoms with Gasteiger partial charge in [-0.2, -0.15) is 5.10 Å². The highest BCUT2D eigenvalue weighted by Gasteiger charge is 2.21. The molecule has 1 aromatic heterocycles. The van der Waals surface area contributed by atoms with E-state index in [1.54, 1.807) is 37.4 Å². The number of hydrogen-bond donors (Lipinski definition) is 1. The summed E-state index contributed by atoms with van der Waals surface area (Å²) in [7, 11) is -2.31. The summed E-state index contributed by atoms with van der Waals surface area (Å²) in [6.45, 7) is 0. The van der Waals surface area contributed by atoms with Crippen molar-refractivity contribution in [3.63, 3.8) is 0 Å². The Hall–Kier alpha value is -3.04. The molecule has 0 atom stereocenters. The van der Waals surface area contributed by atoms with E-state index in [0.717, 1.165) is 5.39 Å². The van der Waals surface area contributed by atoms with E-state index in [4.69, 9.17) is 9.88 Å². The van der Waals surface area contributed by atoms with Crippen molar-refractivity contribution < 1.29 is 21.9 Å². The minimum Gasteiger partial charge on any atom is -0.497 e. The van der Waals surface area contributed by atoms with E-state index < -0.39 is 16.4 Å². The number of nitrogens with two attached hydrogens (primary N) is 1. The van der Waals surface area contributed by atoms with Crippen LogP contribution in [0.3, 0.4) is 0 Å². The Balaban J connectivity index is 2.03. The molecule has 4 rings (SSSR count). The summed E-state index contributed by atoms with van der Waals surface area (Å²) in [5, 5.41) is 11.1. The lowest BCUT2D eigenvalue weighted by Crippen LogP contribution is -2.12. The Kier molecular flexibility index (Phi) is 4.28. The average Bonchev–Trinajstić information content (AvgIpc) is 3.07. The number of benzene rings is 3. The van der Waals surface area contributed by atoms with Crippen LogP contribution in [0.15, 0.2) is 59.5 Å².